The number of hydrogen-bond donors (Lipinski definition) is 1. The van der Waals surface area contributed by atoms with Gasteiger partial charge in [0.15, 0.2) is 5.82 Å². The van der Waals surface area contributed by atoms with Gasteiger partial charge in [-0.2, -0.15) is 0 Å². The summed E-state index contributed by atoms with van der Waals surface area (Å²) in [5.74, 6) is -1.32. The molecule has 1 aliphatic rings. The fraction of sp³-hybridized carbons (Fsp3) is 0.538. The Labute approximate surface area is 110 Å². The largest absolute Gasteiger partial charge is 0.379 e. The van der Waals surface area contributed by atoms with E-state index >= 15 is 0 Å². The molecule has 0 radical (unpaired) electrons. The molecule has 1 N–H and O–H groups in total. The third kappa shape index (κ3) is 3.12. The van der Waals surface area contributed by atoms with E-state index in [9.17, 15) is 8.78 Å². The summed E-state index contributed by atoms with van der Waals surface area (Å²) >= 11 is 5.85. The van der Waals surface area contributed by atoms with Gasteiger partial charge in [-0.05, 0) is 25.3 Å². The van der Waals surface area contributed by atoms with Crippen LogP contribution in [-0.2, 0) is 4.74 Å². The molecule has 0 saturated carbocycles. The lowest BCUT2D eigenvalue weighted by atomic mass is 10.0. The highest BCUT2D eigenvalue weighted by Gasteiger charge is 2.23. The lowest BCUT2D eigenvalue weighted by Gasteiger charge is -2.30. The third-order valence-corrected chi connectivity index (χ3v) is 3.48. The van der Waals surface area contributed by atoms with E-state index in [1.54, 1.807) is 0 Å². The quantitative estimate of drug-likeness (QED) is 0.901. The molecule has 1 saturated heterocycles. The minimum absolute atomic E-state index is 0.0760. The summed E-state index contributed by atoms with van der Waals surface area (Å²) in [6, 6.07) is 2.07. The van der Waals surface area contributed by atoms with Crippen molar-refractivity contribution in [2.45, 2.75) is 38.3 Å². The van der Waals surface area contributed by atoms with Crippen molar-refractivity contribution in [3.05, 3.63) is 28.8 Å². The second kappa shape index (κ2) is 5.85. The number of ether oxygens (including phenoxy) is 1. The highest BCUT2D eigenvalue weighted by molar-refractivity contribution is 6.33. The van der Waals surface area contributed by atoms with Crippen LogP contribution in [0.2, 0.25) is 5.02 Å². The lowest BCUT2D eigenvalue weighted by molar-refractivity contribution is 0.00921. The molecule has 1 fully saturated rings. The Morgan fingerprint density at radius 3 is 2.89 bits per heavy atom. The Morgan fingerprint density at radius 2 is 2.22 bits per heavy atom. The molecule has 0 amide bonds. The normalized spacial score (nSPS) is 24.0. The maximum Gasteiger partial charge on any atom is 0.150 e. The summed E-state index contributed by atoms with van der Waals surface area (Å²) in [5, 5.41) is 3.13. The van der Waals surface area contributed by atoms with Crippen LogP contribution in [0.1, 0.15) is 26.2 Å². The van der Waals surface area contributed by atoms with Gasteiger partial charge in [-0.1, -0.05) is 18.5 Å². The molecule has 5 heteroatoms. The maximum atomic E-state index is 13.6. The van der Waals surface area contributed by atoms with Crippen molar-refractivity contribution in [1.82, 2.24) is 0 Å². The maximum absolute atomic E-state index is 13.6. The number of hydrogen-bond acceptors (Lipinski definition) is 2. The van der Waals surface area contributed by atoms with Crippen LogP contribution in [-0.4, -0.2) is 18.8 Å². The fourth-order valence-electron chi connectivity index (χ4n) is 2.18. The Morgan fingerprint density at radius 1 is 1.44 bits per heavy atom. The molecule has 2 nitrogen and oxygen atoms in total. The Kier molecular flexibility index (Phi) is 4.40. The summed E-state index contributed by atoms with van der Waals surface area (Å²) in [6.07, 6.45) is 2.73. The van der Waals surface area contributed by atoms with Gasteiger partial charge in [0.05, 0.1) is 16.8 Å². The summed E-state index contributed by atoms with van der Waals surface area (Å²) in [5.41, 5.74) is 0.180. The Bertz CT molecular complexity index is 404. The summed E-state index contributed by atoms with van der Waals surface area (Å²) in [7, 11) is 0. The number of rotatable bonds is 3. The van der Waals surface area contributed by atoms with Crippen molar-refractivity contribution < 1.29 is 13.5 Å². The van der Waals surface area contributed by atoms with Gasteiger partial charge in [0, 0.05) is 18.7 Å². The molecule has 1 aromatic rings. The molecule has 18 heavy (non-hydrogen) atoms. The van der Waals surface area contributed by atoms with Crippen LogP contribution in [0.4, 0.5) is 14.5 Å². The molecule has 2 atom stereocenters. The number of benzene rings is 1. The van der Waals surface area contributed by atoms with Gasteiger partial charge in [0.25, 0.3) is 0 Å². The van der Waals surface area contributed by atoms with Crippen LogP contribution < -0.4 is 5.32 Å². The fourth-order valence-corrected chi connectivity index (χ4v) is 2.43. The summed E-state index contributed by atoms with van der Waals surface area (Å²) in [6.45, 7) is 2.70. The van der Waals surface area contributed by atoms with Gasteiger partial charge in [0.1, 0.15) is 5.82 Å². The average Bonchev–Trinajstić information content (AvgIpc) is 2.34. The van der Waals surface area contributed by atoms with Crippen LogP contribution in [0, 0.1) is 11.6 Å². The first-order valence-electron chi connectivity index (χ1n) is 6.12. The van der Waals surface area contributed by atoms with Crippen molar-refractivity contribution in [2.24, 2.45) is 0 Å². The third-order valence-electron chi connectivity index (χ3n) is 3.18. The second-order valence-corrected chi connectivity index (χ2v) is 4.92. The van der Waals surface area contributed by atoms with E-state index in [0.29, 0.717) is 6.61 Å². The molecule has 0 spiro atoms. The molecule has 0 aromatic heterocycles. The van der Waals surface area contributed by atoms with Gasteiger partial charge in [-0.3, -0.25) is 0 Å². The van der Waals surface area contributed by atoms with Crippen molar-refractivity contribution in [3.8, 4) is 0 Å². The zero-order valence-corrected chi connectivity index (χ0v) is 10.9. The van der Waals surface area contributed by atoms with E-state index in [2.05, 4.69) is 12.2 Å². The first-order chi connectivity index (χ1) is 8.60. The van der Waals surface area contributed by atoms with Crippen molar-refractivity contribution >= 4 is 17.3 Å². The topological polar surface area (TPSA) is 21.3 Å². The molecule has 2 rings (SSSR count). The number of halogens is 3. The average molecular weight is 276 g/mol. The molecule has 0 bridgehead atoms. The number of nitrogens with one attached hydrogen (secondary N) is 1. The highest BCUT2D eigenvalue weighted by Crippen LogP contribution is 2.29. The first kappa shape index (κ1) is 13.6. The van der Waals surface area contributed by atoms with Gasteiger partial charge < -0.3 is 10.1 Å². The number of anilines is 1. The standard InChI is InChI=1S/C13H16ClF2NO/c1-2-10-7-9(3-4-18-10)17-13-11(14)5-8(15)6-12(13)16/h5-6,9-10,17H,2-4,7H2,1H3. The minimum atomic E-state index is -0.665. The molecule has 0 aliphatic carbocycles. The zero-order chi connectivity index (χ0) is 13.1. The predicted octanol–water partition coefficient (Wildman–Crippen LogP) is 3.99. The minimum Gasteiger partial charge on any atom is -0.379 e. The van der Waals surface area contributed by atoms with E-state index in [0.717, 1.165) is 31.4 Å². The molecule has 1 aromatic carbocycles. The zero-order valence-electron chi connectivity index (χ0n) is 10.2. The lowest BCUT2D eigenvalue weighted by Crippen LogP contribution is -2.34. The smallest absolute Gasteiger partial charge is 0.150 e. The molecular weight excluding hydrogens is 260 g/mol. The Hall–Kier alpha value is -0.870. The van der Waals surface area contributed by atoms with E-state index in [4.69, 9.17) is 16.3 Å². The van der Waals surface area contributed by atoms with Crippen molar-refractivity contribution in [3.63, 3.8) is 0 Å². The summed E-state index contributed by atoms with van der Waals surface area (Å²) in [4.78, 5) is 0. The molecule has 100 valence electrons. The molecule has 2 unspecified atom stereocenters. The summed E-state index contributed by atoms with van der Waals surface area (Å²) < 4.78 is 32.1. The van der Waals surface area contributed by atoms with E-state index in [1.807, 2.05) is 0 Å². The van der Waals surface area contributed by atoms with Gasteiger partial charge in [-0.25, -0.2) is 8.78 Å². The van der Waals surface area contributed by atoms with E-state index in [-0.39, 0.29) is 22.9 Å². The SMILES string of the molecule is CCC1CC(Nc2c(F)cc(F)cc2Cl)CCO1. The van der Waals surface area contributed by atoms with Gasteiger partial charge in [0.2, 0.25) is 0 Å². The second-order valence-electron chi connectivity index (χ2n) is 4.51. The van der Waals surface area contributed by atoms with Crippen molar-refractivity contribution in [2.75, 3.05) is 11.9 Å². The first-order valence-corrected chi connectivity index (χ1v) is 6.50. The molecule has 1 heterocycles. The van der Waals surface area contributed by atoms with Gasteiger partial charge >= 0.3 is 0 Å². The van der Waals surface area contributed by atoms with Crippen LogP contribution >= 0.6 is 11.6 Å². The van der Waals surface area contributed by atoms with Crippen LogP contribution in [0.25, 0.3) is 0 Å². The predicted molar refractivity (Wildman–Crippen MR) is 68.0 cm³/mol. The molecule has 1 aliphatic heterocycles. The van der Waals surface area contributed by atoms with Gasteiger partial charge in [-0.15, -0.1) is 0 Å². The monoisotopic (exact) mass is 275 g/mol. The van der Waals surface area contributed by atoms with Crippen molar-refractivity contribution in [1.29, 1.82) is 0 Å². The van der Waals surface area contributed by atoms with Crippen LogP contribution in [0.3, 0.4) is 0 Å². The molecular formula is C13H16ClF2NO. The highest BCUT2D eigenvalue weighted by atomic mass is 35.5. The van der Waals surface area contributed by atoms with E-state index in [1.165, 1.54) is 0 Å². The van der Waals surface area contributed by atoms with Crippen LogP contribution in [0.5, 0.6) is 0 Å². The Balaban J connectivity index is 2.09. The van der Waals surface area contributed by atoms with Crippen LogP contribution in [0.15, 0.2) is 12.1 Å². The van der Waals surface area contributed by atoms with E-state index < -0.39 is 11.6 Å².